The van der Waals surface area contributed by atoms with E-state index in [2.05, 4.69) is 15.6 Å². The van der Waals surface area contributed by atoms with E-state index in [0.717, 1.165) is 11.1 Å². The number of aliphatic hydroxyl groups is 1. The minimum Gasteiger partial charge on any atom is -0.490 e. The first-order valence-corrected chi connectivity index (χ1v) is 11.6. The van der Waals surface area contributed by atoms with Crippen molar-refractivity contribution in [2.24, 2.45) is 4.99 Å². The van der Waals surface area contributed by atoms with Crippen LogP contribution in [0.1, 0.15) is 52.2 Å². The molecule has 0 radical (unpaired) electrons. The Kier molecular flexibility index (Phi) is 10.3. The van der Waals surface area contributed by atoms with E-state index in [1.165, 1.54) is 6.92 Å². The van der Waals surface area contributed by atoms with Gasteiger partial charge in [-0.05, 0) is 57.4 Å². The lowest BCUT2D eigenvalue weighted by atomic mass is 10.1. The van der Waals surface area contributed by atoms with E-state index in [0.29, 0.717) is 44.3 Å². The first-order chi connectivity index (χ1) is 16.5. The van der Waals surface area contributed by atoms with E-state index in [1.54, 1.807) is 33.8 Å². The minimum atomic E-state index is -1.36. The molecule has 0 bridgehead atoms. The van der Waals surface area contributed by atoms with Crippen LogP contribution >= 0.6 is 0 Å². The lowest BCUT2D eigenvalue weighted by Crippen LogP contribution is -2.41. The first-order valence-electron chi connectivity index (χ1n) is 11.6. The van der Waals surface area contributed by atoms with E-state index in [9.17, 15) is 19.5 Å². The zero-order valence-corrected chi connectivity index (χ0v) is 21.1. The van der Waals surface area contributed by atoms with Gasteiger partial charge in [-0.25, -0.2) is 9.59 Å². The lowest BCUT2D eigenvalue weighted by Gasteiger charge is -2.20. The number of benzene rings is 1. The number of rotatable bonds is 9. The third kappa shape index (κ3) is 9.81. The predicted molar refractivity (Wildman–Crippen MR) is 129 cm³/mol. The van der Waals surface area contributed by atoms with E-state index in [-0.39, 0.29) is 19.1 Å². The second kappa shape index (κ2) is 12.9. The molecule has 1 aliphatic rings. The van der Waals surface area contributed by atoms with Crippen LogP contribution in [0.4, 0.5) is 4.79 Å². The summed E-state index contributed by atoms with van der Waals surface area (Å²) in [4.78, 5) is 41.5. The molecule has 0 fully saturated rings. The van der Waals surface area contributed by atoms with Crippen molar-refractivity contribution in [1.82, 2.24) is 15.5 Å². The topological polar surface area (TPSA) is 139 Å². The van der Waals surface area contributed by atoms with E-state index in [1.807, 2.05) is 17.0 Å². The highest BCUT2D eigenvalue weighted by Gasteiger charge is 2.24. The van der Waals surface area contributed by atoms with Crippen molar-refractivity contribution in [3.05, 3.63) is 29.3 Å². The van der Waals surface area contributed by atoms with Crippen LogP contribution in [0.2, 0.25) is 0 Å². The lowest BCUT2D eigenvalue weighted by molar-refractivity contribution is -0.154. The van der Waals surface area contributed by atoms with E-state index in [4.69, 9.17) is 14.2 Å². The molecule has 0 saturated heterocycles. The van der Waals surface area contributed by atoms with E-state index >= 15 is 0 Å². The zero-order chi connectivity index (χ0) is 26.0. The Hall–Kier alpha value is -3.34. The Bertz CT molecular complexity index is 927. The molecule has 11 nitrogen and oxygen atoms in total. The number of carbonyl (C=O) groups excluding carboxylic acids is 3. The molecule has 3 N–H and O–H groups in total. The summed E-state index contributed by atoms with van der Waals surface area (Å²) < 4.78 is 15.5. The highest BCUT2D eigenvalue weighted by atomic mass is 16.6. The van der Waals surface area contributed by atoms with Gasteiger partial charge in [0.2, 0.25) is 11.9 Å². The van der Waals surface area contributed by atoms with Crippen LogP contribution in [0.3, 0.4) is 0 Å². The van der Waals surface area contributed by atoms with Gasteiger partial charge in [-0.2, -0.15) is 0 Å². The number of guanidine groups is 1. The van der Waals surface area contributed by atoms with Crippen LogP contribution in [-0.2, 0) is 32.2 Å². The van der Waals surface area contributed by atoms with Crippen LogP contribution in [0.15, 0.2) is 23.2 Å². The number of hydrogen-bond acceptors (Lipinski definition) is 8. The number of esters is 1. The maximum atomic E-state index is 11.7. The van der Waals surface area contributed by atoms with Crippen molar-refractivity contribution in [2.75, 3.05) is 26.3 Å². The largest absolute Gasteiger partial charge is 0.490 e. The normalized spacial score (nSPS) is 14.1. The molecule has 1 aliphatic heterocycles. The van der Waals surface area contributed by atoms with Crippen molar-refractivity contribution in [3.8, 4) is 5.75 Å². The van der Waals surface area contributed by atoms with E-state index < -0.39 is 23.8 Å². The maximum absolute atomic E-state index is 11.7. The van der Waals surface area contributed by atoms with Crippen LogP contribution in [0.5, 0.6) is 5.75 Å². The standard InChI is InChI=1S/C24H36N4O7/c1-6-33-21(31)20(30)15-34-19-9-8-17-13-28(14-18(17)12-19)22(27-16(2)29)25-10-7-11-26-23(32)35-24(3,4)5/h8-9,12,20,30H,6-7,10-11,13-15H2,1-5H3,(H,26,32)(H,25,27,29)/t20-/m1/s1. The SMILES string of the molecule is CCOC(=O)[C@H](O)COc1ccc2c(c1)CN(C(=NCCCNC(=O)OC(C)(C)C)NC(C)=O)C2. The fraction of sp³-hybridized carbons (Fsp3) is 0.583. The third-order valence-corrected chi connectivity index (χ3v) is 4.72. The Balaban J connectivity index is 1.91. The number of ether oxygens (including phenoxy) is 3. The number of amides is 2. The molecule has 1 aromatic rings. The molecule has 0 spiro atoms. The predicted octanol–water partition coefficient (Wildman–Crippen LogP) is 1.71. The molecule has 35 heavy (non-hydrogen) atoms. The molecule has 11 heteroatoms. The molecule has 0 saturated carbocycles. The van der Waals surface area contributed by atoms with Crippen LogP contribution in [0.25, 0.3) is 0 Å². The molecular weight excluding hydrogens is 456 g/mol. The number of hydrogen-bond donors (Lipinski definition) is 3. The number of alkyl carbamates (subject to hydrolysis) is 1. The van der Waals surface area contributed by atoms with Gasteiger partial charge in [0.15, 0.2) is 6.10 Å². The van der Waals surface area contributed by atoms with Gasteiger partial charge in [-0.15, -0.1) is 0 Å². The minimum absolute atomic E-state index is 0.184. The Morgan fingerprint density at radius 3 is 2.57 bits per heavy atom. The monoisotopic (exact) mass is 492 g/mol. The molecule has 194 valence electrons. The highest BCUT2D eigenvalue weighted by Crippen LogP contribution is 2.27. The first kappa shape index (κ1) is 27.9. The summed E-state index contributed by atoms with van der Waals surface area (Å²) in [6, 6.07) is 5.50. The van der Waals surface area contributed by atoms with Gasteiger partial charge in [0, 0.05) is 33.1 Å². The summed E-state index contributed by atoms with van der Waals surface area (Å²) in [7, 11) is 0. The molecule has 0 aromatic heterocycles. The smallest absolute Gasteiger partial charge is 0.407 e. The van der Waals surface area contributed by atoms with Crippen LogP contribution in [0, 0.1) is 0 Å². The third-order valence-electron chi connectivity index (χ3n) is 4.72. The second-order valence-electron chi connectivity index (χ2n) is 9.03. The second-order valence-corrected chi connectivity index (χ2v) is 9.03. The summed E-state index contributed by atoms with van der Waals surface area (Å²) in [5, 5.41) is 15.3. The van der Waals surface area contributed by atoms with Gasteiger partial charge >= 0.3 is 12.1 Å². The number of carbonyl (C=O) groups is 3. The molecule has 0 aliphatic carbocycles. The van der Waals surface area contributed by atoms with Gasteiger partial charge in [0.05, 0.1) is 6.61 Å². The van der Waals surface area contributed by atoms with Gasteiger partial charge in [-0.1, -0.05) is 6.07 Å². The highest BCUT2D eigenvalue weighted by molar-refractivity contribution is 5.96. The summed E-state index contributed by atoms with van der Waals surface area (Å²) in [5.41, 5.74) is 1.47. The number of nitrogens with zero attached hydrogens (tertiary/aromatic N) is 2. The number of aliphatic imine (C=N–C) groups is 1. The summed E-state index contributed by atoms with van der Waals surface area (Å²) in [6.45, 7) is 10.3. The maximum Gasteiger partial charge on any atom is 0.407 e. The van der Waals surface area contributed by atoms with Gasteiger partial charge in [0.25, 0.3) is 0 Å². The average Bonchev–Trinajstić information content (AvgIpc) is 3.18. The molecule has 0 unspecified atom stereocenters. The molecule has 1 atom stereocenters. The fourth-order valence-electron chi connectivity index (χ4n) is 3.24. The van der Waals surface area contributed by atoms with Crippen LogP contribution in [-0.4, -0.2) is 71.9 Å². The summed E-state index contributed by atoms with van der Waals surface area (Å²) in [5.74, 6) is 0.00667. The molecule has 2 amide bonds. The number of aliphatic hydroxyl groups excluding tert-OH is 1. The quantitative estimate of drug-likeness (QED) is 0.205. The van der Waals surface area contributed by atoms with Gasteiger partial charge in [0.1, 0.15) is 18.0 Å². The Morgan fingerprint density at radius 2 is 1.91 bits per heavy atom. The Morgan fingerprint density at radius 1 is 1.20 bits per heavy atom. The zero-order valence-electron chi connectivity index (χ0n) is 21.1. The summed E-state index contributed by atoms with van der Waals surface area (Å²) in [6.07, 6.45) is -1.27. The van der Waals surface area contributed by atoms with Crippen molar-refractivity contribution < 1.29 is 33.7 Å². The van der Waals surface area contributed by atoms with Crippen molar-refractivity contribution >= 4 is 23.9 Å². The van der Waals surface area contributed by atoms with Crippen molar-refractivity contribution in [1.29, 1.82) is 0 Å². The summed E-state index contributed by atoms with van der Waals surface area (Å²) >= 11 is 0. The van der Waals surface area contributed by atoms with Gasteiger partial charge in [-0.3, -0.25) is 15.1 Å². The fourth-order valence-corrected chi connectivity index (χ4v) is 3.24. The molecule has 1 aromatic carbocycles. The number of nitrogens with one attached hydrogen (secondary N) is 2. The Labute approximate surface area is 205 Å². The van der Waals surface area contributed by atoms with Crippen LogP contribution < -0.4 is 15.4 Å². The molecule has 2 rings (SSSR count). The van der Waals surface area contributed by atoms with Crippen molar-refractivity contribution in [3.63, 3.8) is 0 Å². The van der Waals surface area contributed by atoms with Gasteiger partial charge < -0.3 is 29.5 Å². The molecular formula is C24H36N4O7. The average molecular weight is 493 g/mol. The van der Waals surface area contributed by atoms with Crippen molar-refractivity contribution in [2.45, 2.75) is 65.8 Å². The molecule has 1 heterocycles. The number of fused-ring (bicyclic) bond motifs is 1.